The maximum absolute atomic E-state index is 12.6. The van der Waals surface area contributed by atoms with Crippen LogP contribution in [-0.2, 0) is 16.1 Å². The summed E-state index contributed by atoms with van der Waals surface area (Å²) in [7, 11) is 0. The molecule has 1 amide bonds. The van der Waals surface area contributed by atoms with Gasteiger partial charge in [0.2, 0.25) is 0 Å². The van der Waals surface area contributed by atoms with Crippen LogP contribution >= 0.6 is 0 Å². The van der Waals surface area contributed by atoms with E-state index in [1.807, 2.05) is 38.1 Å². The van der Waals surface area contributed by atoms with Crippen LogP contribution in [0.3, 0.4) is 0 Å². The average Bonchev–Trinajstić information content (AvgIpc) is 2.98. The molecule has 0 radical (unpaired) electrons. The van der Waals surface area contributed by atoms with Gasteiger partial charge in [0.05, 0.1) is 6.10 Å². The third kappa shape index (κ3) is 4.17. The fourth-order valence-electron chi connectivity index (χ4n) is 2.67. The molecule has 1 aromatic heterocycles. The van der Waals surface area contributed by atoms with Crippen molar-refractivity contribution in [3.8, 4) is 5.75 Å². The van der Waals surface area contributed by atoms with Gasteiger partial charge in [-0.15, -0.1) is 0 Å². The van der Waals surface area contributed by atoms with Crippen molar-refractivity contribution in [1.82, 2.24) is 15.0 Å². The molecule has 7 heteroatoms. The zero-order chi connectivity index (χ0) is 17.8. The summed E-state index contributed by atoms with van der Waals surface area (Å²) in [4.78, 5) is 18.4. The predicted molar refractivity (Wildman–Crippen MR) is 90.1 cm³/mol. The number of rotatable bonds is 7. The Morgan fingerprint density at radius 3 is 2.76 bits per heavy atom. The number of amides is 1. The fraction of sp³-hybridized carbons (Fsp3) is 0.500. The van der Waals surface area contributed by atoms with E-state index in [0.717, 1.165) is 11.3 Å². The number of benzene rings is 1. The molecule has 1 unspecified atom stereocenters. The average molecular weight is 345 g/mol. The molecule has 1 saturated heterocycles. The molecule has 134 valence electrons. The number of carbonyl (C=O) groups is 1. The highest BCUT2D eigenvalue weighted by Crippen LogP contribution is 2.22. The zero-order valence-electron chi connectivity index (χ0n) is 14.8. The van der Waals surface area contributed by atoms with Crippen LogP contribution in [0, 0.1) is 13.8 Å². The van der Waals surface area contributed by atoms with Gasteiger partial charge in [-0.2, -0.15) is 4.98 Å². The first-order chi connectivity index (χ1) is 12.1. The second-order valence-electron chi connectivity index (χ2n) is 6.19. The van der Waals surface area contributed by atoms with Crippen LogP contribution in [0.25, 0.3) is 0 Å². The van der Waals surface area contributed by atoms with Crippen molar-refractivity contribution in [2.75, 3.05) is 13.1 Å². The molecule has 1 aromatic carbocycles. The lowest BCUT2D eigenvalue weighted by atomic mass is 10.1. The minimum absolute atomic E-state index is 0.000706. The first kappa shape index (κ1) is 17.4. The predicted octanol–water partition coefficient (Wildman–Crippen LogP) is 2.27. The molecule has 0 N–H and O–H groups in total. The van der Waals surface area contributed by atoms with Gasteiger partial charge in [-0.25, -0.2) is 0 Å². The molecule has 0 bridgehead atoms. The summed E-state index contributed by atoms with van der Waals surface area (Å²) < 4.78 is 16.6. The second kappa shape index (κ2) is 7.65. The summed E-state index contributed by atoms with van der Waals surface area (Å²) in [5.41, 5.74) is 1.02. The lowest BCUT2D eigenvalue weighted by molar-refractivity contribution is -0.154. The van der Waals surface area contributed by atoms with Crippen LogP contribution in [-0.4, -0.2) is 46.2 Å². The Hall–Kier alpha value is -2.41. The van der Waals surface area contributed by atoms with E-state index >= 15 is 0 Å². The molecule has 2 heterocycles. The molecule has 1 aliphatic rings. The normalized spacial score (nSPS) is 15.7. The van der Waals surface area contributed by atoms with Crippen LogP contribution in [0.2, 0.25) is 0 Å². The van der Waals surface area contributed by atoms with Crippen molar-refractivity contribution < 1.29 is 18.8 Å². The Morgan fingerprint density at radius 2 is 2.12 bits per heavy atom. The molecular formula is C18H23N3O4. The van der Waals surface area contributed by atoms with Crippen molar-refractivity contribution in [3.05, 3.63) is 41.5 Å². The lowest BCUT2D eigenvalue weighted by Crippen LogP contribution is -2.58. The van der Waals surface area contributed by atoms with Gasteiger partial charge in [-0.1, -0.05) is 30.3 Å². The van der Waals surface area contributed by atoms with Crippen LogP contribution in [0.1, 0.15) is 30.6 Å². The first-order valence-electron chi connectivity index (χ1n) is 8.48. The van der Waals surface area contributed by atoms with Crippen molar-refractivity contribution in [2.45, 2.75) is 46.0 Å². The zero-order valence-corrected chi connectivity index (χ0v) is 14.8. The number of aromatic nitrogens is 2. The van der Waals surface area contributed by atoms with E-state index in [0.29, 0.717) is 31.2 Å². The topological polar surface area (TPSA) is 77.7 Å². The molecule has 1 aliphatic heterocycles. The summed E-state index contributed by atoms with van der Waals surface area (Å²) in [6.45, 7) is 7.06. The van der Waals surface area contributed by atoms with Gasteiger partial charge in [0, 0.05) is 13.1 Å². The Kier molecular flexibility index (Phi) is 5.33. The highest BCUT2D eigenvalue weighted by Gasteiger charge is 2.35. The fourth-order valence-corrected chi connectivity index (χ4v) is 2.67. The maximum Gasteiger partial charge on any atom is 0.263 e. The molecule has 0 aliphatic carbocycles. The number of likely N-dealkylation sites (tertiary alicyclic amines) is 1. The third-order valence-corrected chi connectivity index (χ3v) is 4.18. The second-order valence-corrected chi connectivity index (χ2v) is 6.19. The summed E-state index contributed by atoms with van der Waals surface area (Å²) >= 11 is 0. The SMILES string of the molecule is CCC(Oc1ccccc1C)C(=O)N1CC(OCc2nc(C)no2)C1. The van der Waals surface area contributed by atoms with Crippen LogP contribution < -0.4 is 4.74 Å². The number of aryl methyl sites for hydroxylation is 2. The van der Waals surface area contributed by atoms with E-state index < -0.39 is 6.10 Å². The number of hydrogen-bond acceptors (Lipinski definition) is 6. The van der Waals surface area contributed by atoms with E-state index in [1.54, 1.807) is 11.8 Å². The Balaban J connectivity index is 1.47. The van der Waals surface area contributed by atoms with Crippen molar-refractivity contribution in [1.29, 1.82) is 0 Å². The van der Waals surface area contributed by atoms with Crippen LogP contribution in [0.5, 0.6) is 5.75 Å². The molecule has 1 atom stereocenters. The molecule has 2 aromatic rings. The summed E-state index contributed by atoms with van der Waals surface area (Å²) in [6.07, 6.45) is 0.143. The number of nitrogens with zero attached hydrogens (tertiary/aromatic N) is 3. The minimum atomic E-state index is -0.472. The standard InChI is InChI=1S/C18H23N3O4/c1-4-15(24-16-8-6-5-7-12(16)2)18(22)21-9-14(10-21)23-11-17-19-13(3)20-25-17/h5-8,14-15H,4,9-11H2,1-3H3. The highest BCUT2D eigenvalue weighted by molar-refractivity contribution is 5.82. The smallest absolute Gasteiger partial charge is 0.263 e. The Bertz CT molecular complexity index is 725. The first-order valence-corrected chi connectivity index (χ1v) is 8.48. The Labute approximate surface area is 146 Å². The number of para-hydroxylation sites is 1. The van der Waals surface area contributed by atoms with E-state index in [4.69, 9.17) is 14.0 Å². The van der Waals surface area contributed by atoms with E-state index in [1.165, 1.54) is 0 Å². The van der Waals surface area contributed by atoms with E-state index in [2.05, 4.69) is 10.1 Å². The van der Waals surface area contributed by atoms with Gasteiger partial charge in [0.25, 0.3) is 11.8 Å². The van der Waals surface area contributed by atoms with Gasteiger partial charge in [-0.05, 0) is 31.9 Å². The number of ether oxygens (including phenoxy) is 2. The Morgan fingerprint density at radius 1 is 1.36 bits per heavy atom. The number of hydrogen-bond donors (Lipinski definition) is 0. The summed E-state index contributed by atoms with van der Waals surface area (Å²) in [5, 5.41) is 3.72. The maximum atomic E-state index is 12.6. The van der Waals surface area contributed by atoms with Crippen molar-refractivity contribution in [3.63, 3.8) is 0 Å². The van der Waals surface area contributed by atoms with Gasteiger partial charge in [0.15, 0.2) is 11.9 Å². The van der Waals surface area contributed by atoms with Gasteiger partial charge < -0.3 is 18.9 Å². The number of carbonyl (C=O) groups excluding carboxylic acids is 1. The van der Waals surface area contributed by atoms with Gasteiger partial charge in [0.1, 0.15) is 12.4 Å². The monoisotopic (exact) mass is 345 g/mol. The largest absolute Gasteiger partial charge is 0.480 e. The molecule has 1 fully saturated rings. The minimum Gasteiger partial charge on any atom is -0.480 e. The molecule has 25 heavy (non-hydrogen) atoms. The summed E-state index contributed by atoms with van der Waals surface area (Å²) in [5.74, 6) is 1.79. The molecule has 3 rings (SSSR count). The molecule has 0 spiro atoms. The van der Waals surface area contributed by atoms with Crippen LogP contribution in [0.4, 0.5) is 0 Å². The third-order valence-electron chi connectivity index (χ3n) is 4.18. The highest BCUT2D eigenvalue weighted by atomic mass is 16.5. The van der Waals surface area contributed by atoms with Crippen molar-refractivity contribution >= 4 is 5.91 Å². The quantitative estimate of drug-likeness (QED) is 0.766. The van der Waals surface area contributed by atoms with Gasteiger partial charge in [-0.3, -0.25) is 4.79 Å². The molecular weight excluding hydrogens is 322 g/mol. The molecule has 0 saturated carbocycles. The molecule has 7 nitrogen and oxygen atoms in total. The van der Waals surface area contributed by atoms with Crippen LogP contribution in [0.15, 0.2) is 28.8 Å². The lowest BCUT2D eigenvalue weighted by Gasteiger charge is -2.40. The van der Waals surface area contributed by atoms with E-state index in [-0.39, 0.29) is 18.6 Å². The van der Waals surface area contributed by atoms with Gasteiger partial charge >= 0.3 is 0 Å². The van der Waals surface area contributed by atoms with E-state index in [9.17, 15) is 4.79 Å². The van der Waals surface area contributed by atoms with Crippen molar-refractivity contribution in [2.24, 2.45) is 0 Å². The summed E-state index contributed by atoms with van der Waals surface area (Å²) in [6, 6.07) is 7.72.